The number of benzene rings is 1. The van der Waals surface area contributed by atoms with Gasteiger partial charge < -0.3 is 23.7 Å². The van der Waals surface area contributed by atoms with Gasteiger partial charge in [0.05, 0.1) is 24.8 Å². The maximum atomic E-state index is 13.0. The van der Waals surface area contributed by atoms with Crippen molar-refractivity contribution >= 4 is 17.4 Å². The van der Waals surface area contributed by atoms with Gasteiger partial charge in [-0.1, -0.05) is 19.1 Å². The second kappa shape index (κ2) is 9.55. The van der Waals surface area contributed by atoms with Crippen LogP contribution in [0.2, 0.25) is 0 Å². The van der Waals surface area contributed by atoms with Crippen LogP contribution in [-0.2, 0) is 16.1 Å². The molecule has 3 aromatic rings. The van der Waals surface area contributed by atoms with E-state index in [0.717, 1.165) is 6.42 Å². The van der Waals surface area contributed by atoms with Crippen LogP contribution >= 0.6 is 0 Å². The predicted octanol–water partition coefficient (Wildman–Crippen LogP) is 3.78. The van der Waals surface area contributed by atoms with Crippen molar-refractivity contribution in [2.24, 2.45) is 0 Å². The van der Waals surface area contributed by atoms with Crippen molar-refractivity contribution in [3.63, 3.8) is 0 Å². The molecule has 0 aliphatic carbocycles. The first-order valence-corrected chi connectivity index (χ1v) is 10.6. The number of ether oxygens (including phenoxy) is 1. The van der Waals surface area contributed by atoms with Crippen molar-refractivity contribution in [2.45, 2.75) is 32.4 Å². The quantitative estimate of drug-likeness (QED) is 0.312. The third kappa shape index (κ3) is 4.30. The summed E-state index contributed by atoms with van der Waals surface area (Å²) in [7, 11) is 0. The molecule has 1 amide bonds. The minimum atomic E-state index is -0.798. The Labute approximate surface area is 185 Å². The molecule has 1 aromatic carbocycles. The Balaban J connectivity index is 1.66. The monoisotopic (exact) mass is 435 g/mol. The molecule has 1 aliphatic rings. The normalized spacial score (nSPS) is 17.8. The third-order valence-electron chi connectivity index (χ3n) is 5.31. The SMILES string of the molecule is CCCOc1cccc(C(O)=C2C(=O)C(=O)N(CCCn3ccnc3)[C@@H]2c2ccco2)c1. The number of carbonyl (C=O) groups excluding carboxylic acids is 2. The minimum absolute atomic E-state index is 0.0141. The lowest BCUT2D eigenvalue weighted by molar-refractivity contribution is -0.140. The van der Waals surface area contributed by atoms with E-state index >= 15 is 0 Å². The summed E-state index contributed by atoms with van der Waals surface area (Å²) in [6.07, 6.45) is 8.17. The van der Waals surface area contributed by atoms with Crippen LogP contribution in [0.25, 0.3) is 5.76 Å². The van der Waals surface area contributed by atoms with Crippen LogP contribution in [0.5, 0.6) is 5.75 Å². The van der Waals surface area contributed by atoms with Crippen LogP contribution in [-0.4, -0.2) is 44.4 Å². The molecule has 0 unspecified atom stereocenters. The summed E-state index contributed by atoms with van der Waals surface area (Å²) in [4.78, 5) is 31.4. The number of carbonyl (C=O) groups is 2. The molecule has 8 heteroatoms. The van der Waals surface area contributed by atoms with E-state index < -0.39 is 17.7 Å². The summed E-state index contributed by atoms with van der Waals surface area (Å²) in [5.41, 5.74) is 0.423. The topological polar surface area (TPSA) is 97.8 Å². The van der Waals surface area contributed by atoms with Crippen molar-refractivity contribution in [2.75, 3.05) is 13.2 Å². The molecule has 32 heavy (non-hydrogen) atoms. The number of furan rings is 1. The number of imidazole rings is 1. The number of ketones is 1. The number of nitrogens with zero attached hydrogens (tertiary/aromatic N) is 3. The first kappa shape index (κ1) is 21.4. The van der Waals surface area contributed by atoms with Gasteiger partial charge in [0.15, 0.2) is 0 Å². The average Bonchev–Trinajstić information content (AvgIpc) is 3.56. The molecular formula is C24H25N3O5. The van der Waals surface area contributed by atoms with Crippen LogP contribution in [0.15, 0.2) is 71.4 Å². The van der Waals surface area contributed by atoms with Gasteiger partial charge in [-0.3, -0.25) is 9.59 Å². The lowest BCUT2D eigenvalue weighted by Gasteiger charge is -2.23. The Morgan fingerprint density at radius 1 is 1.22 bits per heavy atom. The summed E-state index contributed by atoms with van der Waals surface area (Å²) in [5.74, 6) is -0.626. The molecule has 0 saturated carbocycles. The molecule has 0 spiro atoms. The number of aliphatic hydroxyl groups is 1. The maximum Gasteiger partial charge on any atom is 0.295 e. The molecule has 1 fully saturated rings. The highest BCUT2D eigenvalue weighted by atomic mass is 16.5. The van der Waals surface area contributed by atoms with Gasteiger partial charge in [-0.2, -0.15) is 0 Å². The molecule has 1 aliphatic heterocycles. The van der Waals surface area contributed by atoms with Gasteiger partial charge in [0.25, 0.3) is 11.7 Å². The highest BCUT2D eigenvalue weighted by Crippen LogP contribution is 2.40. The van der Waals surface area contributed by atoms with Crippen molar-refractivity contribution in [3.8, 4) is 5.75 Å². The number of hydrogen-bond donors (Lipinski definition) is 1. The second-order valence-corrected chi connectivity index (χ2v) is 7.54. The largest absolute Gasteiger partial charge is 0.507 e. The van der Waals surface area contributed by atoms with E-state index in [-0.39, 0.29) is 11.3 Å². The molecule has 1 saturated heterocycles. The van der Waals surface area contributed by atoms with Gasteiger partial charge in [0.1, 0.15) is 23.3 Å². The second-order valence-electron chi connectivity index (χ2n) is 7.54. The number of amides is 1. The summed E-state index contributed by atoms with van der Waals surface area (Å²) in [6.45, 7) is 3.51. The molecule has 166 valence electrons. The Hall–Kier alpha value is -3.81. The number of likely N-dealkylation sites (tertiary alicyclic amines) is 1. The van der Waals surface area contributed by atoms with E-state index in [0.29, 0.717) is 43.2 Å². The zero-order valence-electron chi connectivity index (χ0n) is 17.8. The van der Waals surface area contributed by atoms with Gasteiger partial charge in [-0.25, -0.2) is 4.98 Å². The van der Waals surface area contributed by atoms with E-state index in [1.165, 1.54) is 11.2 Å². The zero-order chi connectivity index (χ0) is 22.5. The standard InChI is InChI=1S/C24H25N3O5/c1-2-13-31-18-7-3-6-17(15-18)22(28)20-21(19-8-4-14-32-19)27(24(30)23(20)29)11-5-10-26-12-9-25-16-26/h3-4,6-9,12,14-16,21,28H,2,5,10-11,13H2,1H3/t21-/m1/s1. The van der Waals surface area contributed by atoms with E-state index in [9.17, 15) is 14.7 Å². The van der Waals surface area contributed by atoms with E-state index in [1.807, 2.05) is 17.7 Å². The Bertz CT molecular complexity index is 1100. The van der Waals surface area contributed by atoms with Gasteiger partial charge in [-0.05, 0) is 37.1 Å². The Morgan fingerprint density at radius 2 is 2.09 bits per heavy atom. The minimum Gasteiger partial charge on any atom is -0.507 e. The molecule has 0 bridgehead atoms. The fourth-order valence-electron chi connectivity index (χ4n) is 3.80. The van der Waals surface area contributed by atoms with Crippen molar-refractivity contribution < 1.29 is 23.8 Å². The average molecular weight is 435 g/mol. The van der Waals surface area contributed by atoms with Gasteiger partial charge >= 0.3 is 0 Å². The summed E-state index contributed by atoms with van der Waals surface area (Å²) in [6, 6.07) is 9.46. The van der Waals surface area contributed by atoms with Gasteiger partial charge in [-0.15, -0.1) is 0 Å². The van der Waals surface area contributed by atoms with Crippen LogP contribution in [0.3, 0.4) is 0 Å². The highest BCUT2D eigenvalue weighted by molar-refractivity contribution is 6.46. The Kier molecular flexibility index (Phi) is 6.39. The first-order valence-electron chi connectivity index (χ1n) is 10.6. The van der Waals surface area contributed by atoms with E-state index in [4.69, 9.17) is 9.15 Å². The number of Topliss-reactive ketones (excluding diaryl/α,β-unsaturated/α-hetero) is 1. The maximum absolute atomic E-state index is 13.0. The number of rotatable bonds is 9. The molecule has 3 heterocycles. The number of aliphatic hydroxyl groups excluding tert-OH is 1. The molecular weight excluding hydrogens is 410 g/mol. The van der Waals surface area contributed by atoms with Gasteiger partial charge in [0, 0.05) is 31.0 Å². The smallest absolute Gasteiger partial charge is 0.295 e. The van der Waals surface area contributed by atoms with Crippen molar-refractivity contribution in [1.82, 2.24) is 14.5 Å². The molecule has 8 nitrogen and oxygen atoms in total. The lowest BCUT2D eigenvalue weighted by Crippen LogP contribution is -2.31. The zero-order valence-corrected chi connectivity index (χ0v) is 17.8. The summed E-state index contributed by atoms with van der Waals surface area (Å²) < 4.78 is 13.1. The van der Waals surface area contributed by atoms with E-state index in [1.54, 1.807) is 48.9 Å². The highest BCUT2D eigenvalue weighted by Gasteiger charge is 2.47. The Morgan fingerprint density at radius 3 is 2.81 bits per heavy atom. The lowest BCUT2D eigenvalue weighted by atomic mass is 9.99. The van der Waals surface area contributed by atoms with Crippen LogP contribution in [0, 0.1) is 0 Å². The summed E-state index contributed by atoms with van der Waals surface area (Å²) in [5, 5.41) is 11.1. The third-order valence-corrected chi connectivity index (χ3v) is 5.31. The van der Waals surface area contributed by atoms with Crippen molar-refractivity contribution in [3.05, 3.63) is 78.3 Å². The van der Waals surface area contributed by atoms with E-state index in [2.05, 4.69) is 4.98 Å². The van der Waals surface area contributed by atoms with Crippen LogP contribution in [0.1, 0.15) is 37.1 Å². The molecule has 2 aromatic heterocycles. The molecule has 1 N–H and O–H groups in total. The molecule has 4 rings (SSSR count). The van der Waals surface area contributed by atoms with Gasteiger partial charge in [0.2, 0.25) is 0 Å². The first-order chi connectivity index (χ1) is 15.6. The number of hydrogen-bond acceptors (Lipinski definition) is 6. The molecule has 1 atom stereocenters. The fraction of sp³-hybridized carbons (Fsp3) is 0.292. The van der Waals surface area contributed by atoms with Crippen LogP contribution < -0.4 is 4.74 Å². The van der Waals surface area contributed by atoms with Crippen LogP contribution in [0.4, 0.5) is 0 Å². The summed E-state index contributed by atoms with van der Waals surface area (Å²) >= 11 is 0. The number of aryl methyl sites for hydroxylation is 1. The molecule has 0 radical (unpaired) electrons. The fourth-order valence-corrected chi connectivity index (χ4v) is 3.80. The predicted molar refractivity (Wildman–Crippen MR) is 117 cm³/mol. The van der Waals surface area contributed by atoms with Crippen molar-refractivity contribution in [1.29, 1.82) is 0 Å². The number of aromatic nitrogens is 2.